The lowest BCUT2D eigenvalue weighted by atomic mass is 10.0. The van der Waals surface area contributed by atoms with E-state index in [1.165, 1.54) is 12.1 Å². The molecule has 0 radical (unpaired) electrons. The predicted molar refractivity (Wildman–Crippen MR) is 75.1 cm³/mol. The average Bonchev–Trinajstić information content (AvgIpc) is 2.91. The third kappa shape index (κ3) is 3.10. The minimum atomic E-state index is -0.832. The van der Waals surface area contributed by atoms with Crippen molar-refractivity contribution in [3.8, 4) is 0 Å². The monoisotopic (exact) mass is 291 g/mol. The summed E-state index contributed by atoms with van der Waals surface area (Å²) in [5, 5.41) is 0. The van der Waals surface area contributed by atoms with Gasteiger partial charge in [-0.1, -0.05) is 18.2 Å². The molecule has 1 heterocycles. The van der Waals surface area contributed by atoms with Crippen LogP contribution in [-0.2, 0) is 6.54 Å². The lowest BCUT2D eigenvalue weighted by Gasteiger charge is -2.25. The van der Waals surface area contributed by atoms with Crippen molar-refractivity contribution < 1.29 is 13.2 Å². The molecule has 0 bridgehead atoms. The summed E-state index contributed by atoms with van der Waals surface area (Å²) in [6.45, 7) is 1.42. The van der Waals surface area contributed by atoms with Gasteiger partial charge in [0.25, 0.3) is 0 Å². The lowest BCUT2D eigenvalue weighted by Crippen LogP contribution is -2.23. The molecule has 4 heteroatoms. The maximum atomic E-state index is 13.4. The minimum Gasteiger partial charge on any atom is -0.292 e. The number of likely N-dealkylation sites (tertiary alicyclic amines) is 1. The quantitative estimate of drug-likeness (QED) is 0.808. The highest BCUT2D eigenvalue weighted by molar-refractivity contribution is 5.23. The number of rotatable bonds is 3. The van der Waals surface area contributed by atoms with E-state index < -0.39 is 11.6 Å². The second-order valence-corrected chi connectivity index (χ2v) is 5.43. The third-order valence-corrected chi connectivity index (χ3v) is 3.97. The fourth-order valence-electron chi connectivity index (χ4n) is 2.98. The maximum absolute atomic E-state index is 13.4. The first-order valence-corrected chi connectivity index (χ1v) is 7.07. The zero-order chi connectivity index (χ0) is 14.8. The molecule has 1 aliphatic rings. The molecule has 0 amide bonds. The predicted octanol–water partition coefficient (Wildman–Crippen LogP) is 4.44. The first-order chi connectivity index (χ1) is 10.1. The Balaban J connectivity index is 1.79. The van der Waals surface area contributed by atoms with E-state index in [0.29, 0.717) is 6.54 Å². The molecule has 1 nitrogen and oxygen atoms in total. The van der Waals surface area contributed by atoms with Crippen LogP contribution in [0.4, 0.5) is 13.2 Å². The van der Waals surface area contributed by atoms with Gasteiger partial charge in [0.2, 0.25) is 0 Å². The summed E-state index contributed by atoms with van der Waals surface area (Å²) in [5.41, 5.74) is 1.67. The van der Waals surface area contributed by atoms with Crippen LogP contribution in [0, 0.1) is 17.5 Å². The highest BCUT2D eigenvalue weighted by Gasteiger charge is 2.26. The van der Waals surface area contributed by atoms with Crippen LogP contribution < -0.4 is 0 Å². The van der Waals surface area contributed by atoms with E-state index in [1.54, 1.807) is 18.2 Å². The fraction of sp³-hybridized carbons (Fsp3) is 0.294. The largest absolute Gasteiger partial charge is 0.292 e. The Morgan fingerprint density at radius 3 is 2.62 bits per heavy atom. The van der Waals surface area contributed by atoms with Crippen LogP contribution in [0.3, 0.4) is 0 Å². The molecule has 0 saturated carbocycles. The van der Waals surface area contributed by atoms with E-state index >= 15 is 0 Å². The maximum Gasteiger partial charge on any atom is 0.159 e. The van der Waals surface area contributed by atoms with Gasteiger partial charge >= 0.3 is 0 Å². The summed E-state index contributed by atoms with van der Waals surface area (Å²) >= 11 is 0. The van der Waals surface area contributed by atoms with Crippen LogP contribution in [0.15, 0.2) is 42.5 Å². The summed E-state index contributed by atoms with van der Waals surface area (Å²) in [7, 11) is 0. The van der Waals surface area contributed by atoms with Crippen molar-refractivity contribution in [3.63, 3.8) is 0 Å². The number of hydrogen-bond acceptors (Lipinski definition) is 1. The van der Waals surface area contributed by atoms with Crippen LogP contribution in [0.2, 0.25) is 0 Å². The van der Waals surface area contributed by atoms with Gasteiger partial charge in [0, 0.05) is 12.6 Å². The standard InChI is InChI=1S/C17H16F3N/c18-14-4-1-3-13(10-14)17-5-2-8-21(17)11-12-6-7-15(19)16(20)9-12/h1,3-4,6-7,9-10,17H,2,5,8,11H2/t17-/m0/s1. The van der Waals surface area contributed by atoms with Crippen molar-refractivity contribution in [1.29, 1.82) is 0 Å². The van der Waals surface area contributed by atoms with Crippen LogP contribution in [0.1, 0.15) is 30.0 Å². The summed E-state index contributed by atoms with van der Waals surface area (Å²) in [5.74, 6) is -1.90. The molecule has 1 atom stereocenters. The number of hydrogen-bond donors (Lipinski definition) is 0. The lowest BCUT2D eigenvalue weighted by molar-refractivity contribution is 0.247. The Hall–Kier alpha value is -1.81. The van der Waals surface area contributed by atoms with Crippen molar-refractivity contribution in [2.75, 3.05) is 6.54 Å². The molecule has 2 aromatic carbocycles. The molecule has 1 aliphatic heterocycles. The van der Waals surface area contributed by atoms with Crippen LogP contribution in [0.5, 0.6) is 0 Å². The average molecular weight is 291 g/mol. The van der Waals surface area contributed by atoms with E-state index in [9.17, 15) is 13.2 Å². The summed E-state index contributed by atoms with van der Waals surface area (Å²) < 4.78 is 39.6. The van der Waals surface area contributed by atoms with Gasteiger partial charge in [0.05, 0.1) is 0 Å². The third-order valence-electron chi connectivity index (χ3n) is 3.97. The van der Waals surface area contributed by atoms with Gasteiger partial charge in [0.1, 0.15) is 5.82 Å². The summed E-state index contributed by atoms with van der Waals surface area (Å²) in [6.07, 6.45) is 1.97. The van der Waals surface area contributed by atoms with Crippen molar-refractivity contribution in [2.24, 2.45) is 0 Å². The second kappa shape index (κ2) is 5.90. The van der Waals surface area contributed by atoms with E-state index in [2.05, 4.69) is 4.90 Å². The van der Waals surface area contributed by atoms with Gasteiger partial charge in [-0.3, -0.25) is 4.90 Å². The Morgan fingerprint density at radius 1 is 1.00 bits per heavy atom. The Kier molecular flexibility index (Phi) is 3.97. The van der Waals surface area contributed by atoms with Crippen molar-refractivity contribution in [1.82, 2.24) is 4.90 Å². The van der Waals surface area contributed by atoms with Crippen molar-refractivity contribution in [2.45, 2.75) is 25.4 Å². The Bertz CT molecular complexity index is 642. The van der Waals surface area contributed by atoms with E-state index in [1.807, 2.05) is 6.07 Å². The molecular weight excluding hydrogens is 275 g/mol. The molecule has 0 unspecified atom stereocenters. The molecule has 2 aromatic rings. The molecule has 110 valence electrons. The van der Waals surface area contributed by atoms with E-state index in [-0.39, 0.29) is 11.9 Å². The fourth-order valence-corrected chi connectivity index (χ4v) is 2.98. The molecule has 0 aliphatic carbocycles. The van der Waals surface area contributed by atoms with Crippen LogP contribution in [-0.4, -0.2) is 11.4 Å². The molecule has 21 heavy (non-hydrogen) atoms. The molecular formula is C17H16F3N. The second-order valence-electron chi connectivity index (χ2n) is 5.43. The van der Waals surface area contributed by atoms with Crippen molar-refractivity contribution >= 4 is 0 Å². The highest BCUT2D eigenvalue weighted by atomic mass is 19.2. The van der Waals surface area contributed by atoms with Gasteiger partial charge in [-0.15, -0.1) is 0 Å². The Morgan fingerprint density at radius 2 is 1.86 bits per heavy atom. The summed E-state index contributed by atoms with van der Waals surface area (Å²) in [4.78, 5) is 2.18. The van der Waals surface area contributed by atoms with Gasteiger partial charge in [0.15, 0.2) is 11.6 Å². The van der Waals surface area contributed by atoms with Gasteiger partial charge in [-0.25, -0.2) is 13.2 Å². The van der Waals surface area contributed by atoms with Gasteiger partial charge in [-0.05, 0) is 54.8 Å². The minimum absolute atomic E-state index is 0.133. The van der Waals surface area contributed by atoms with Crippen molar-refractivity contribution in [3.05, 3.63) is 71.0 Å². The zero-order valence-electron chi connectivity index (χ0n) is 11.5. The first kappa shape index (κ1) is 14.1. The smallest absolute Gasteiger partial charge is 0.159 e. The van der Waals surface area contributed by atoms with Crippen LogP contribution >= 0.6 is 0 Å². The SMILES string of the molecule is Fc1cccc([C@@H]2CCCN2Cc2ccc(F)c(F)c2)c1. The van der Waals surface area contributed by atoms with E-state index in [0.717, 1.165) is 36.6 Å². The topological polar surface area (TPSA) is 3.24 Å². The Labute approximate surface area is 122 Å². The number of nitrogens with zero attached hydrogens (tertiary/aromatic N) is 1. The molecule has 3 rings (SSSR count). The molecule has 0 N–H and O–H groups in total. The number of halogens is 3. The van der Waals surface area contributed by atoms with Gasteiger partial charge < -0.3 is 0 Å². The van der Waals surface area contributed by atoms with Crippen LogP contribution in [0.25, 0.3) is 0 Å². The number of benzene rings is 2. The summed E-state index contributed by atoms with van der Waals surface area (Å²) in [6, 6.07) is 10.7. The molecule has 0 spiro atoms. The van der Waals surface area contributed by atoms with E-state index in [4.69, 9.17) is 0 Å². The zero-order valence-corrected chi connectivity index (χ0v) is 11.5. The van der Waals surface area contributed by atoms with Gasteiger partial charge in [-0.2, -0.15) is 0 Å². The molecule has 1 fully saturated rings. The highest BCUT2D eigenvalue weighted by Crippen LogP contribution is 2.33. The first-order valence-electron chi connectivity index (χ1n) is 7.07. The molecule has 1 saturated heterocycles. The molecule has 0 aromatic heterocycles. The normalized spacial score (nSPS) is 19.1.